The van der Waals surface area contributed by atoms with Crippen LogP contribution in [0.25, 0.3) is 0 Å². The van der Waals surface area contributed by atoms with Crippen LogP contribution in [0.4, 0.5) is 5.13 Å². The molecule has 3 aromatic rings. The molecule has 0 saturated carbocycles. The molecule has 1 aromatic heterocycles. The van der Waals surface area contributed by atoms with Crippen molar-refractivity contribution in [1.29, 1.82) is 0 Å². The summed E-state index contributed by atoms with van der Waals surface area (Å²) in [4.78, 5) is 36.2. The molecule has 36 heavy (non-hydrogen) atoms. The molecule has 2 amide bonds. The van der Waals surface area contributed by atoms with Crippen LogP contribution in [0.3, 0.4) is 0 Å². The van der Waals surface area contributed by atoms with E-state index in [1.165, 1.54) is 16.9 Å². The topological polar surface area (TPSA) is 74.8 Å². The number of benzene rings is 2. The van der Waals surface area contributed by atoms with E-state index in [4.69, 9.17) is 9.72 Å². The molecular formula is C28H32N4O3S. The maximum absolute atomic E-state index is 13.5. The SMILES string of the molecule is CC(c1ccccc1)N1CCN(C(=O)C2CCCc3sc(NC(=O)COc4ccccc4)nc32)CC1. The molecule has 1 fully saturated rings. The van der Waals surface area contributed by atoms with E-state index >= 15 is 0 Å². The number of anilines is 1. The van der Waals surface area contributed by atoms with Gasteiger partial charge in [0.2, 0.25) is 5.91 Å². The Hall–Kier alpha value is -3.23. The van der Waals surface area contributed by atoms with Gasteiger partial charge < -0.3 is 9.64 Å². The predicted octanol–water partition coefficient (Wildman–Crippen LogP) is 4.49. The molecule has 2 aromatic carbocycles. The molecule has 8 heteroatoms. The van der Waals surface area contributed by atoms with Crippen LogP contribution in [0.5, 0.6) is 5.75 Å². The minimum atomic E-state index is -0.253. The number of hydrogen-bond donors (Lipinski definition) is 1. The number of para-hydroxylation sites is 1. The normalized spacial score (nSPS) is 18.8. The number of piperazine rings is 1. The molecule has 2 unspecified atom stereocenters. The largest absolute Gasteiger partial charge is 0.484 e. The molecule has 2 atom stereocenters. The van der Waals surface area contributed by atoms with Gasteiger partial charge in [-0.05, 0) is 43.9 Å². The first kappa shape index (κ1) is 24.5. The van der Waals surface area contributed by atoms with E-state index in [0.29, 0.717) is 16.9 Å². The minimum Gasteiger partial charge on any atom is -0.484 e. The van der Waals surface area contributed by atoms with Crippen LogP contribution < -0.4 is 10.1 Å². The van der Waals surface area contributed by atoms with Crippen LogP contribution in [0.2, 0.25) is 0 Å². The van der Waals surface area contributed by atoms with Crippen molar-refractivity contribution in [3.05, 3.63) is 76.8 Å². The number of nitrogens with zero attached hydrogens (tertiary/aromatic N) is 3. The van der Waals surface area contributed by atoms with Crippen molar-refractivity contribution in [2.45, 2.75) is 38.1 Å². The lowest BCUT2D eigenvalue weighted by Gasteiger charge is -2.39. The van der Waals surface area contributed by atoms with Crippen LogP contribution in [0.15, 0.2) is 60.7 Å². The second-order valence-corrected chi connectivity index (χ2v) is 10.5. The standard InChI is InChI=1S/C28H32N4O3S/c1-20(21-9-4-2-5-10-21)31-15-17-32(18-16-31)27(34)23-13-8-14-24-26(23)30-28(36-24)29-25(33)19-35-22-11-6-3-7-12-22/h2-7,9-12,20,23H,8,13-19H2,1H3,(H,29,30,33). The molecule has 1 aliphatic heterocycles. The van der Waals surface area contributed by atoms with Crippen LogP contribution in [-0.4, -0.2) is 59.4 Å². The molecule has 188 valence electrons. The van der Waals surface area contributed by atoms with Crippen LogP contribution in [0.1, 0.15) is 47.9 Å². The first-order valence-corrected chi connectivity index (χ1v) is 13.4. The lowest BCUT2D eigenvalue weighted by molar-refractivity contribution is -0.135. The number of thiazole rings is 1. The predicted molar refractivity (Wildman–Crippen MR) is 141 cm³/mol. The Morgan fingerprint density at radius 2 is 1.75 bits per heavy atom. The van der Waals surface area contributed by atoms with E-state index in [1.807, 2.05) is 41.3 Å². The smallest absolute Gasteiger partial charge is 0.264 e. The fourth-order valence-electron chi connectivity index (χ4n) is 5.03. The van der Waals surface area contributed by atoms with E-state index in [9.17, 15) is 9.59 Å². The fourth-order valence-corrected chi connectivity index (χ4v) is 6.11. The van der Waals surface area contributed by atoms with Gasteiger partial charge in [-0.3, -0.25) is 19.8 Å². The maximum atomic E-state index is 13.5. The molecule has 1 saturated heterocycles. The second-order valence-electron chi connectivity index (χ2n) is 9.37. The van der Waals surface area contributed by atoms with Gasteiger partial charge in [-0.25, -0.2) is 4.98 Å². The Balaban J connectivity index is 1.17. The molecule has 0 bridgehead atoms. The quantitative estimate of drug-likeness (QED) is 0.513. The zero-order chi connectivity index (χ0) is 24.9. The molecule has 1 aliphatic carbocycles. The van der Waals surface area contributed by atoms with Crippen LogP contribution in [0, 0.1) is 0 Å². The van der Waals surface area contributed by atoms with Gasteiger partial charge in [-0.2, -0.15) is 0 Å². The molecule has 2 aliphatic rings. The van der Waals surface area contributed by atoms with Crippen molar-refractivity contribution in [3.63, 3.8) is 0 Å². The Labute approximate surface area is 216 Å². The van der Waals surface area contributed by atoms with Crippen molar-refractivity contribution in [1.82, 2.24) is 14.8 Å². The summed E-state index contributed by atoms with van der Waals surface area (Å²) >= 11 is 1.48. The number of aryl methyl sites for hydroxylation is 1. The van der Waals surface area contributed by atoms with E-state index in [0.717, 1.165) is 56.0 Å². The molecule has 2 heterocycles. The third kappa shape index (κ3) is 5.60. The van der Waals surface area contributed by atoms with E-state index < -0.39 is 0 Å². The molecule has 0 radical (unpaired) electrons. The average Bonchev–Trinajstić information content (AvgIpc) is 3.35. The summed E-state index contributed by atoms with van der Waals surface area (Å²) in [5.74, 6) is 0.333. The number of nitrogens with one attached hydrogen (secondary N) is 1. The molecular weight excluding hydrogens is 472 g/mol. The molecule has 7 nitrogen and oxygen atoms in total. The maximum Gasteiger partial charge on any atom is 0.264 e. The zero-order valence-corrected chi connectivity index (χ0v) is 21.4. The highest BCUT2D eigenvalue weighted by Crippen LogP contribution is 2.38. The highest BCUT2D eigenvalue weighted by atomic mass is 32.1. The number of rotatable bonds is 7. The molecule has 1 N–H and O–H groups in total. The Morgan fingerprint density at radius 1 is 1.06 bits per heavy atom. The Morgan fingerprint density at radius 3 is 2.47 bits per heavy atom. The van der Waals surface area contributed by atoms with Gasteiger partial charge in [-0.15, -0.1) is 11.3 Å². The molecule has 5 rings (SSSR count). The minimum absolute atomic E-state index is 0.0811. The highest BCUT2D eigenvalue weighted by Gasteiger charge is 2.35. The van der Waals surface area contributed by atoms with E-state index in [-0.39, 0.29) is 24.3 Å². The number of carbonyl (C=O) groups is 2. The average molecular weight is 505 g/mol. The summed E-state index contributed by atoms with van der Waals surface area (Å²) in [7, 11) is 0. The summed E-state index contributed by atoms with van der Waals surface area (Å²) in [6.45, 7) is 5.33. The van der Waals surface area contributed by atoms with Gasteiger partial charge in [0, 0.05) is 37.1 Å². The fraction of sp³-hybridized carbons (Fsp3) is 0.393. The summed E-state index contributed by atoms with van der Waals surface area (Å²) < 4.78 is 5.53. The second kappa shape index (κ2) is 11.2. The summed E-state index contributed by atoms with van der Waals surface area (Å²) in [6.07, 6.45) is 2.66. The zero-order valence-electron chi connectivity index (χ0n) is 20.6. The summed E-state index contributed by atoms with van der Waals surface area (Å²) in [5.41, 5.74) is 2.15. The lowest BCUT2D eigenvalue weighted by Crippen LogP contribution is -2.50. The number of aromatic nitrogens is 1. The Bertz CT molecular complexity index is 1180. The first-order chi connectivity index (χ1) is 17.6. The van der Waals surface area contributed by atoms with E-state index in [2.05, 4.69) is 41.4 Å². The highest BCUT2D eigenvalue weighted by molar-refractivity contribution is 7.15. The van der Waals surface area contributed by atoms with Crippen LogP contribution >= 0.6 is 11.3 Å². The Kier molecular flexibility index (Phi) is 7.63. The van der Waals surface area contributed by atoms with Crippen molar-refractivity contribution >= 4 is 28.3 Å². The van der Waals surface area contributed by atoms with Crippen molar-refractivity contribution in [2.24, 2.45) is 0 Å². The van der Waals surface area contributed by atoms with Crippen molar-refractivity contribution in [3.8, 4) is 5.75 Å². The van der Waals surface area contributed by atoms with Crippen molar-refractivity contribution in [2.75, 3.05) is 38.1 Å². The first-order valence-electron chi connectivity index (χ1n) is 12.6. The lowest BCUT2D eigenvalue weighted by atomic mass is 9.89. The van der Waals surface area contributed by atoms with Gasteiger partial charge >= 0.3 is 0 Å². The van der Waals surface area contributed by atoms with Crippen molar-refractivity contribution < 1.29 is 14.3 Å². The van der Waals surface area contributed by atoms with Gasteiger partial charge in [0.25, 0.3) is 5.91 Å². The van der Waals surface area contributed by atoms with Gasteiger partial charge in [0.05, 0.1) is 11.6 Å². The van der Waals surface area contributed by atoms with Crippen LogP contribution in [-0.2, 0) is 16.0 Å². The number of fused-ring (bicyclic) bond motifs is 1. The monoisotopic (exact) mass is 504 g/mol. The van der Waals surface area contributed by atoms with Gasteiger partial charge in [0.1, 0.15) is 5.75 Å². The molecule has 0 spiro atoms. The third-order valence-electron chi connectivity index (χ3n) is 7.07. The third-order valence-corrected chi connectivity index (χ3v) is 8.11. The summed E-state index contributed by atoms with van der Waals surface area (Å²) in [5, 5.41) is 3.40. The van der Waals surface area contributed by atoms with E-state index in [1.54, 1.807) is 0 Å². The van der Waals surface area contributed by atoms with Gasteiger partial charge in [-0.1, -0.05) is 48.5 Å². The number of amides is 2. The number of carbonyl (C=O) groups excluding carboxylic acids is 2. The number of hydrogen-bond acceptors (Lipinski definition) is 6. The summed E-state index contributed by atoms with van der Waals surface area (Å²) in [6, 6.07) is 20.1. The van der Waals surface area contributed by atoms with Gasteiger partial charge in [0.15, 0.2) is 11.7 Å². The number of ether oxygens (including phenoxy) is 1.